The van der Waals surface area contributed by atoms with Gasteiger partial charge in [-0.05, 0) is 33.0 Å². The largest absolute Gasteiger partial charge is 0.313 e. The van der Waals surface area contributed by atoms with Crippen molar-refractivity contribution < 1.29 is 0 Å². The summed E-state index contributed by atoms with van der Waals surface area (Å²) in [5, 5.41) is 3.56. The molecule has 0 heterocycles. The van der Waals surface area contributed by atoms with Crippen LogP contribution in [0.3, 0.4) is 0 Å². The van der Waals surface area contributed by atoms with Crippen LogP contribution < -0.4 is 5.32 Å². The van der Waals surface area contributed by atoms with E-state index in [-0.39, 0.29) is 0 Å². The zero-order valence-corrected chi connectivity index (χ0v) is 10.6. The maximum atomic E-state index is 3.56. The Morgan fingerprint density at radius 2 is 1.86 bits per heavy atom. The van der Waals surface area contributed by atoms with Gasteiger partial charge >= 0.3 is 0 Å². The molecule has 2 unspecified atom stereocenters. The van der Waals surface area contributed by atoms with Crippen molar-refractivity contribution >= 4 is 0 Å². The Balaban J connectivity index is 3.81. The molecule has 14 heavy (non-hydrogen) atoms. The molecule has 0 aromatic rings. The van der Waals surface area contributed by atoms with Crippen LogP contribution in [0.25, 0.3) is 0 Å². The summed E-state index contributed by atoms with van der Waals surface area (Å²) in [6.45, 7) is 9.06. The fourth-order valence-corrected chi connectivity index (χ4v) is 2.05. The third-order valence-corrected chi connectivity index (χ3v) is 2.55. The lowest BCUT2D eigenvalue weighted by atomic mass is 9.97. The molecule has 1 N–H and O–H groups in total. The SMILES string of the molecule is CCCC(C)CC(CN(C)C)NCC. The van der Waals surface area contributed by atoms with E-state index in [1.165, 1.54) is 19.3 Å². The first-order chi connectivity index (χ1) is 6.60. The number of hydrogen-bond acceptors (Lipinski definition) is 2. The summed E-state index contributed by atoms with van der Waals surface area (Å²) in [5.74, 6) is 0.851. The van der Waals surface area contributed by atoms with Gasteiger partial charge in [0.15, 0.2) is 0 Å². The van der Waals surface area contributed by atoms with E-state index < -0.39 is 0 Å². The highest BCUT2D eigenvalue weighted by atomic mass is 15.1. The monoisotopic (exact) mass is 200 g/mol. The lowest BCUT2D eigenvalue weighted by Crippen LogP contribution is -2.39. The van der Waals surface area contributed by atoms with Crippen molar-refractivity contribution in [2.75, 3.05) is 27.2 Å². The molecule has 0 aliphatic rings. The average molecular weight is 200 g/mol. The predicted molar refractivity (Wildman–Crippen MR) is 64.7 cm³/mol. The van der Waals surface area contributed by atoms with Crippen molar-refractivity contribution in [3.8, 4) is 0 Å². The van der Waals surface area contributed by atoms with Crippen LogP contribution in [0.2, 0.25) is 0 Å². The molecule has 0 aliphatic heterocycles. The molecule has 0 spiro atoms. The summed E-state index contributed by atoms with van der Waals surface area (Å²) in [4.78, 5) is 2.27. The lowest BCUT2D eigenvalue weighted by molar-refractivity contribution is 0.298. The minimum Gasteiger partial charge on any atom is -0.313 e. The van der Waals surface area contributed by atoms with Gasteiger partial charge in [0.25, 0.3) is 0 Å². The molecule has 2 nitrogen and oxygen atoms in total. The first kappa shape index (κ1) is 13.9. The molecule has 0 saturated carbocycles. The number of likely N-dealkylation sites (N-methyl/N-ethyl adjacent to an activating group) is 2. The maximum absolute atomic E-state index is 3.56. The van der Waals surface area contributed by atoms with Crippen molar-refractivity contribution in [3.63, 3.8) is 0 Å². The van der Waals surface area contributed by atoms with Gasteiger partial charge in [-0.1, -0.05) is 33.6 Å². The molecular formula is C12H28N2. The van der Waals surface area contributed by atoms with Crippen LogP contribution >= 0.6 is 0 Å². The van der Waals surface area contributed by atoms with E-state index in [9.17, 15) is 0 Å². The second kappa shape index (κ2) is 8.25. The Bertz CT molecular complexity index is 123. The zero-order chi connectivity index (χ0) is 11.0. The molecule has 0 rings (SSSR count). The van der Waals surface area contributed by atoms with E-state index in [0.717, 1.165) is 19.0 Å². The minimum atomic E-state index is 0.663. The van der Waals surface area contributed by atoms with Gasteiger partial charge in [-0.3, -0.25) is 0 Å². The molecule has 2 heteroatoms. The molecule has 0 aromatic heterocycles. The molecule has 2 atom stereocenters. The predicted octanol–water partition coefficient (Wildman–Crippen LogP) is 2.35. The van der Waals surface area contributed by atoms with Crippen LogP contribution in [-0.4, -0.2) is 38.1 Å². The van der Waals surface area contributed by atoms with Gasteiger partial charge in [-0.25, -0.2) is 0 Å². The Morgan fingerprint density at radius 1 is 1.21 bits per heavy atom. The van der Waals surface area contributed by atoms with Crippen molar-refractivity contribution in [3.05, 3.63) is 0 Å². The first-order valence-corrected chi connectivity index (χ1v) is 5.98. The van der Waals surface area contributed by atoms with E-state index in [0.29, 0.717) is 6.04 Å². The average Bonchev–Trinajstić information content (AvgIpc) is 2.03. The number of nitrogens with zero attached hydrogens (tertiary/aromatic N) is 1. The van der Waals surface area contributed by atoms with Crippen molar-refractivity contribution in [1.82, 2.24) is 10.2 Å². The normalized spacial score (nSPS) is 15.9. The third-order valence-electron chi connectivity index (χ3n) is 2.55. The molecule has 0 amide bonds. The van der Waals surface area contributed by atoms with E-state index in [1.807, 2.05) is 0 Å². The second-order valence-corrected chi connectivity index (χ2v) is 4.65. The fraction of sp³-hybridized carbons (Fsp3) is 1.00. The Labute approximate surface area is 90.1 Å². The van der Waals surface area contributed by atoms with Crippen LogP contribution in [0.15, 0.2) is 0 Å². The summed E-state index contributed by atoms with van der Waals surface area (Å²) in [7, 11) is 4.30. The van der Waals surface area contributed by atoms with Gasteiger partial charge in [0.1, 0.15) is 0 Å². The van der Waals surface area contributed by atoms with E-state index in [1.54, 1.807) is 0 Å². The van der Waals surface area contributed by atoms with Crippen molar-refractivity contribution in [2.45, 2.75) is 46.1 Å². The second-order valence-electron chi connectivity index (χ2n) is 4.65. The van der Waals surface area contributed by atoms with Crippen LogP contribution in [0.5, 0.6) is 0 Å². The quantitative estimate of drug-likeness (QED) is 0.647. The van der Waals surface area contributed by atoms with Crippen LogP contribution in [0.4, 0.5) is 0 Å². The topological polar surface area (TPSA) is 15.3 Å². The van der Waals surface area contributed by atoms with Crippen LogP contribution in [-0.2, 0) is 0 Å². The number of rotatable bonds is 8. The molecule has 0 aliphatic carbocycles. The third kappa shape index (κ3) is 7.34. The highest BCUT2D eigenvalue weighted by Gasteiger charge is 2.12. The Kier molecular flexibility index (Phi) is 8.20. The highest BCUT2D eigenvalue weighted by molar-refractivity contribution is 4.71. The van der Waals surface area contributed by atoms with Gasteiger partial charge in [-0.15, -0.1) is 0 Å². The molecule has 0 fully saturated rings. The Hall–Kier alpha value is -0.0800. The van der Waals surface area contributed by atoms with Gasteiger partial charge in [0, 0.05) is 12.6 Å². The summed E-state index contributed by atoms with van der Waals surface area (Å²) < 4.78 is 0. The summed E-state index contributed by atoms with van der Waals surface area (Å²) in [6, 6.07) is 0.663. The maximum Gasteiger partial charge on any atom is 0.0197 e. The van der Waals surface area contributed by atoms with Gasteiger partial charge in [-0.2, -0.15) is 0 Å². The summed E-state index contributed by atoms with van der Waals surface area (Å²) >= 11 is 0. The fourth-order valence-electron chi connectivity index (χ4n) is 2.05. The Morgan fingerprint density at radius 3 is 2.29 bits per heavy atom. The molecular weight excluding hydrogens is 172 g/mol. The van der Waals surface area contributed by atoms with Crippen LogP contribution in [0.1, 0.15) is 40.0 Å². The number of hydrogen-bond donors (Lipinski definition) is 1. The lowest BCUT2D eigenvalue weighted by Gasteiger charge is -2.24. The molecule has 0 saturated heterocycles. The van der Waals surface area contributed by atoms with Crippen molar-refractivity contribution in [1.29, 1.82) is 0 Å². The standard InChI is InChI=1S/C12H28N2/c1-6-8-11(3)9-12(13-7-2)10-14(4)5/h11-13H,6-10H2,1-5H3. The summed E-state index contributed by atoms with van der Waals surface area (Å²) in [5.41, 5.74) is 0. The first-order valence-electron chi connectivity index (χ1n) is 5.98. The molecule has 0 bridgehead atoms. The molecule has 86 valence electrons. The molecule has 0 radical (unpaired) electrons. The van der Waals surface area contributed by atoms with E-state index in [4.69, 9.17) is 0 Å². The minimum absolute atomic E-state index is 0.663. The molecule has 0 aromatic carbocycles. The van der Waals surface area contributed by atoms with E-state index >= 15 is 0 Å². The van der Waals surface area contributed by atoms with Gasteiger partial charge < -0.3 is 10.2 Å². The van der Waals surface area contributed by atoms with E-state index in [2.05, 4.69) is 45.1 Å². The van der Waals surface area contributed by atoms with Gasteiger partial charge in [0.2, 0.25) is 0 Å². The highest BCUT2D eigenvalue weighted by Crippen LogP contribution is 2.12. The smallest absolute Gasteiger partial charge is 0.0197 e. The zero-order valence-electron chi connectivity index (χ0n) is 10.6. The van der Waals surface area contributed by atoms with Gasteiger partial charge in [0.05, 0.1) is 0 Å². The number of nitrogens with one attached hydrogen (secondary N) is 1. The van der Waals surface area contributed by atoms with Crippen molar-refractivity contribution in [2.24, 2.45) is 5.92 Å². The summed E-state index contributed by atoms with van der Waals surface area (Å²) in [6.07, 6.45) is 3.97. The van der Waals surface area contributed by atoms with Crippen LogP contribution in [0, 0.1) is 5.92 Å².